The first-order chi connectivity index (χ1) is 8.65. The number of guanidine groups is 1. The fourth-order valence-corrected chi connectivity index (χ4v) is 1.65. The van der Waals surface area contributed by atoms with Crippen LogP contribution in [0.3, 0.4) is 0 Å². The summed E-state index contributed by atoms with van der Waals surface area (Å²) < 4.78 is 12.9. The number of halogens is 1. The molecule has 0 aliphatic carbocycles. The predicted molar refractivity (Wildman–Crippen MR) is 68.0 cm³/mol. The summed E-state index contributed by atoms with van der Waals surface area (Å²) in [6.45, 7) is 1.71. The average molecular weight is 250 g/mol. The van der Waals surface area contributed by atoms with Crippen molar-refractivity contribution in [3.8, 4) is 0 Å². The average Bonchev–Trinajstić information content (AvgIpc) is 2.72. The van der Waals surface area contributed by atoms with Gasteiger partial charge in [-0.1, -0.05) is 6.07 Å². The van der Waals surface area contributed by atoms with Crippen molar-refractivity contribution in [2.75, 3.05) is 32.0 Å². The van der Waals surface area contributed by atoms with Gasteiger partial charge in [0.05, 0.1) is 13.1 Å². The van der Waals surface area contributed by atoms with Crippen LogP contribution in [0.2, 0.25) is 0 Å². The molecular formula is C12H15FN4O. The first-order valence-electron chi connectivity index (χ1n) is 5.70. The van der Waals surface area contributed by atoms with Gasteiger partial charge in [-0.25, -0.2) is 4.39 Å². The number of carbonyl (C=O) groups excluding carboxylic acids is 1. The van der Waals surface area contributed by atoms with E-state index in [1.54, 1.807) is 12.1 Å². The number of hydrogen-bond acceptors (Lipinski definition) is 4. The van der Waals surface area contributed by atoms with Crippen LogP contribution in [0.4, 0.5) is 10.1 Å². The molecule has 1 aliphatic heterocycles. The van der Waals surface area contributed by atoms with Gasteiger partial charge in [0.15, 0.2) is 5.96 Å². The number of nitrogens with zero attached hydrogens (tertiary/aromatic N) is 2. The lowest BCUT2D eigenvalue weighted by atomic mass is 10.3. The SMILES string of the molecule is CN1CCN=C1NCC(=O)Nc1cccc(F)c1. The minimum atomic E-state index is -0.374. The van der Waals surface area contributed by atoms with Crippen molar-refractivity contribution in [1.82, 2.24) is 10.2 Å². The van der Waals surface area contributed by atoms with E-state index in [4.69, 9.17) is 0 Å². The van der Waals surface area contributed by atoms with E-state index in [1.807, 2.05) is 11.9 Å². The predicted octanol–water partition coefficient (Wildman–Crippen LogP) is 0.655. The van der Waals surface area contributed by atoms with Crippen LogP contribution >= 0.6 is 0 Å². The van der Waals surface area contributed by atoms with Gasteiger partial charge < -0.3 is 15.5 Å². The highest BCUT2D eigenvalue weighted by atomic mass is 19.1. The molecule has 0 saturated carbocycles. The first-order valence-corrected chi connectivity index (χ1v) is 5.70. The molecule has 0 atom stereocenters. The molecule has 0 radical (unpaired) electrons. The van der Waals surface area contributed by atoms with Crippen LogP contribution in [0.5, 0.6) is 0 Å². The number of anilines is 1. The van der Waals surface area contributed by atoms with Gasteiger partial charge in [0, 0.05) is 19.3 Å². The largest absolute Gasteiger partial charge is 0.347 e. The number of benzene rings is 1. The van der Waals surface area contributed by atoms with Gasteiger partial charge in [-0.15, -0.1) is 0 Å². The van der Waals surface area contributed by atoms with Gasteiger partial charge in [-0.3, -0.25) is 9.79 Å². The summed E-state index contributed by atoms with van der Waals surface area (Å²) in [7, 11) is 1.91. The van der Waals surface area contributed by atoms with Crippen molar-refractivity contribution in [2.45, 2.75) is 0 Å². The zero-order valence-electron chi connectivity index (χ0n) is 10.1. The summed E-state index contributed by atoms with van der Waals surface area (Å²) in [4.78, 5) is 17.8. The van der Waals surface area contributed by atoms with E-state index in [1.165, 1.54) is 12.1 Å². The van der Waals surface area contributed by atoms with Crippen LogP contribution < -0.4 is 10.6 Å². The van der Waals surface area contributed by atoms with Crippen molar-refractivity contribution >= 4 is 17.6 Å². The Labute approximate surface area is 105 Å². The maximum absolute atomic E-state index is 12.9. The third kappa shape index (κ3) is 3.19. The van der Waals surface area contributed by atoms with Crippen LogP contribution in [0, 0.1) is 5.82 Å². The molecule has 6 heteroatoms. The van der Waals surface area contributed by atoms with Gasteiger partial charge in [-0.05, 0) is 18.2 Å². The van der Waals surface area contributed by atoms with Crippen LogP contribution in [0.15, 0.2) is 29.3 Å². The van der Waals surface area contributed by atoms with Gasteiger partial charge in [-0.2, -0.15) is 0 Å². The Bertz CT molecular complexity index is 475. The van der Waals surface area contributed by atoms with Crippen LogP contribution in [-0.4, -0.2) is 43.4 Å². The Kier molecular flexibility index (Phi) is 3.76. The third-order valence-corrected chi connectivity index (χ3v) is 2.57. The van der Waals surface area contributed by atoms with Gasteiger partial charge >= 0.3 is 0 Å². The van der Waals surface area contributed by atoms with Crippen molar-refractivity contribution in [2.24, 2.45) is 4.99 Å². The summed E-state index contributed by atoms with van der Waals surface area (Å²) in [6.07, 6.45) is 0. The summed E-state index contributed by atoms with van der Waals surface area (Å²) in [5, 5.41) is 5.54. The smallest absolute Gasteiger partial charge is 0.243 e. The third-order valence-electron chi connectivity index (χ3n) is 2.57. The number of carbonyl (C=O) groups is 1. The van der Waals surface area contributed by atoms with Crippen molar-refractivity contribution < 1.29 is 9.18 Å². The second-order valence-corrected chi connectivity index (χ2v) is 4.04. The number of amides is 1. The minimum Gasteiger partial charge on any atom is -0.347 e. The number of hydrogen-bond donors (Lipinski definition) is 2. The van der Waals surface area contributed by atoms with Gasteiger partial charge in [0.25, 0.3) is 0 Å². The Hall–Kier alpha value is -2.11. The van der Waals surface area contributed by atoms with Crippen LogP contribution in [0.1, 0.15) is 0 Å². The standard InChI is InChI=1S/C12H15FN4O/c1-17-6-5-14-12(17)15-8-11(18)16-10-4-2-3-9(13)7-10/h2-4,7H,5-6,8H2,1H3,(H,14,15)(H,16,18). The summed E-state index contributed by atoms with van der Waals surface area (Å²) in [5.41, 5.74) is 0.448. The van der Waals surface area contributed by atoms with Crippen molar-refractivity contribution in [3.63, 3.8) is 0 Å². The molecule has 1 heterocycles. The zero-order valence-corrected chi connectivity index (χ0v) is 10.1. The molecule has 18 heavy (non-hydrogen) atoms. The Morgan fingerprint density at radius 2 is 2.39 bits per heavy atom. The lowest BCUT2D eigenvalue weighted by Gasteiger charge is -2.14. The van der Waals surface area contributed by atoms with E-state index >= 15 is 0 Å². The number of likely N-dealkylation sites (N-methyl/N-ethyl adjacent to an activating group) is 1. The van der Waals surface area contributed by atoms with Gasteiger partial charge in [0.1, 0.15) is 5.82 Å². The number of rotatable bonds is 3. The fraction of sp³-hybridized carbons (Fsp3) is 0.333. The summed E-state index contributed by atoms with van der Waals surface area (Å²) >= 11 is 0. The van der Waals surface area contributed by atoms with E-state index in [9.17, 15) is 9.18 Å². The highest BCUT2D eigenvalue weighted by Gasteiger charge is 2.12. The molecule has 1 amide bonds. The van der Waals surface area contributed by atoms with E-state index in [0.717, 1.165) is 13.1 Å². The number of aliphatic imine (C=N–C) groups is 1. The number of nitrogens with one attached hydrogen (secondary N) is 2. The summed E-state index contributed by atoms with van der Waals surface area (Å²) in [5.74, 6) is 0.105. The van der Waals surface area contributed by atoms with E-state index in [2.05, 4.69) is 15.6 Å². The molecule has 2 N–H and O–H groups in total. The monoisotopic (exact) mass is 250 g/mol. The zero-order chi connectivity index (χ0) is 13.0. The molecule has 0 saturated heterocycles. The molecule has 1 aromatic rings. The van der Waals surface area contributed by atoms with E-state index in [0.29, 0.717) is 11.6 Å². The molecule has 1 aromatic carbocycles. The minimum absolute atomic E-state index is 0.111. The molecule has 0 spiro atoms. The van der Waals surface area contributed by atoms with Crippen molar-refractivity contribution in [3.05, 3.63) is 30.1 Å². The second kappa shape index (κ2) is 5.48. The first kappa shape index (κ1) is 12.3. The molecule has 1 aliphatic rings. The highest BCUT2D eigenvalue weighted by molar-refractivity contribution is 5.95. The molecule has 96 valence electrons. The lowest BCUT2D eigenvalue weighted by Crippen LogP contribution is -2.39. The molecular weight excluding hydrogens is 235 g/mol. The Morgan fingerprint density at radius 3 is 3.06 bits per heavy atom. The highest BCUT2D eigenvalue weighted by Crippen LogP contribution is 2.08. The quantitative estimate of drug-likeness (QED) is 0.828. The topological polar surface area (TPSA) is 56.7 Å². The molecule has 0 unspecified atom stereocenters. The maximum Gasteiger partial charge on any atom is 0.243 e. The van der Waals surface area contributed by atoms with E-state index in [-0.39, 0.29) is 18.3 Å². The van der Waals surface area contributed by atoms with E-state index < -0.39 is 0 Å². The fourth-order valence-electron chi connectivity index (χ4n) is 1.65. The molecule has 5 nitrogen and oxygen atoms in total. The molecule has 0 aromatic heterocycles. The Morgan fingerprint density at radius 1 is 1.56 bits per heavy atom. The lowest BCUT2D eigenvalue weighted by molar-refractivity contribution is -0.115. The van der Waals surface area contributed by atoms with Crippen LogP contribution in [0.25, 0.3) is 0 Å². The second-order valence-electron chi connectivity index (χ2n) is 4.04. The van der Waals surface area contributed by atoms with Gasteiger partial charge in [0.2, 0.25) is 5.91 Å². The van der Waals surface area contributed by atoms with Crippen LogP contribution in [-0.2, 0) is 4.79 Å². The summed E-state index contributed by atoms with van der Waals surface area (Å²) in [6, 6.07) is 5.79. The molecule has 2 rings (SSSR count). The van der Waals surface area contributed by atoms with Crippen molar-refractivity contribution in [1.29, 1.82) is 0 Å². The maximum atomic E-state index is 12.9. The molecule has 0 fully saturated rings. The molecule has 0 bridgehead atoms. The normalized spacial score (nSPS) is 14.3. The Balaban J connectivity index is 1.82.